The van der Waals surface area contributed by atoms with Crippen LogP contribution < -0.4 is 5.32 Å². The third-order valence-corrected chi connectivity index (χ3v) is 2.36. The van der Waals surface area contributed by atoms with Crippen LogP contribution in [0.3, 0.4) is 0 Å². The van der Waals surface area contributed by atoms with Gasteiger partial charge in [0.25, 0.3) is 0 Å². The lowest BCUT2D eigenvalue weighted by Crippen LogP contribution is -2.10. The van der Waals surface area contributed by atoms with Gasteiger partial charge in [0.05, 0.1) is 0 Å². The molecule has 0 radical (unpaired) electrons. The summed E-state index contributed by atoms with van der Waals surface area (Å²) in [4.78, 5) is 10.5. The monoisotopic (exact) mass is 221 g/mol. The Labute approximate surface area is 96.5 Å². The molecule has 0 amide bonds. The van der Waals surface area contributed by atoms with Crippen molar-refractivity contribution in [3.63, 3.8) is 0 Å². The maximum absolute atomic E-state index is 10.5. The Morgan fingerprint density at radius 3 is 2.62 bits per heavy atom. The normalized spacial score (nSPS) is 10.5. The fraction of sp³-hybridized carbons (Fsp3) is 0.462. The number of benzene rings is 1. The number of hydrogen-bond donors (Lipinski definition) is 2. The molecule has 1 aromatic rings. The number of hydrogen-bond acceptors (Lipinski definition) is 2. The summed E-state index contributed by atoms with van der Waals surface area (Å²) in [7, 11) is 0. The summed E-state index contributed by atoms with van der Waals surface area (Å²) in [5, 5.41) is 12.0. The van der Waals surface area contributed by atoms with E-state index in [0.717, 1.165) is 16.8 Å². The van der Waals surface area contributed by atoms with E-state index in [1.807, 2.05) is 25.1 Å². The van der Waals surface area contributed by atoms with Crippen molar-refractivity contribution in [2.45, 2.75) is 39.7 Å². The molecule has 88 valence electrons. The molecule has 0 aromatic heterocycles. The Hall–Kier alpha value is -1.51. The quantitative estimate of drug-likeness (QED) is 0.803. The molecule has 0 spiro atoms. The molecule has 2 N–H and O–H groups in total. The Morgan fingerprint density at radius 1 is 1.44 bits per heavy atom. The van der Waals surface area contributed by atoms with Crippen LogP contribution in [-0.2, 0) is 11.2 Å². The lowest BCUT2D eigenvalue weighted by molar-refractivity contribution is -0.136. The van der Waals surface area contributed by atoms with E-state index >= 15 is 0 Å². The minimum atomic E-state index is -0.748. The molecule has 0 aliphatic heterocycles. The zero-order chi connectivity index (χ0) is 12.1. The highest BCUT2D eigenvalue weighted by atomic mass is 16.4. The van der Waals surface area contributed by atoms with Crippen LogP contribution in [0.5, 0.6) is 0 Å². The fourth-order valence-corrected chi connectivity index (χ4v) is 1.61. The maximum Gasteiger partial charge on any atom is 0.303 e. The molecule has 0 bridgehead atoms. The van der Waals surface area contributed by atoms with Gasteiger partial charge < -0.3 is 10.4 Å². The van der Waals surface area contributed by atoms with Crippen LogP contribution in [0.4, 0.5) is 5.69 Å². The van der Waals surface area contributed by atoms with E-state index in [2.05, 4.69) is 19.2 Å². The molecule has 0 atom stereocenters. The van der Waals surface area contributed by atoms with Crippen LogP contribution in [0.1, 0.15) is 31.4 Å². The summed E-state index contributed by atoms with van der Waals surface area (Å²) < 4.78 is 0. The Kier molecular flexibility index (Phi) is 4.35. The lowest BCUT2D eigenvalue weighted by Gasteiger charge is -2.13. The van der Waals surface area contributed by atoms with Crippen molar-refractivity contribution in [2.75, 3.05) is 5.32 Å². The van der Waals surface area contributed by atoms with Gasteiger partial charge in [-0.2, -0.15) is 0 Å². The summed E-state index contributed by atoms with van der Waals surface area (Å²) >= 11 is 0. The van der Waals surface area contributed by atoms with E-state index < -0.39 is 5.97 Å². The number of aryl methyl sites for hydroxylation is 2. The first-order valence-corrected chi connectivity index (χ1v) is 5.57. The number of carbonyl (C=O) groups is 1. The van der Waals surface area contributed by atoms with Gasteiger partial charge >= 0.3 is 5.97 Å². The summed E-state index contributed by atoms with van der Waals surface area (Å²) in [6, 6.07) is 6.46. The smallest absolute Gasteiger partial charge is 0.303 e. The van der Waals surface area contributed by atoms with Gasteiger partial charge in [-0.3, -0.25) is 4.79 Å². The molecule has 0 heterocycles. The van der Waals surface area contributed by atoms with Gasteiger partial charge in [-0.15, -0.1) is 0 Å². The molecule has 0 fully saturated rings. The lowest BCUT2D eigenvalue weighted by atomic mass is 10.1. The second-order valence-electron chi connectivity index (χ2n) is 4.34. The second kappa shape index (κ2) is 5.54. The van der Waals surface area contributed by atoms with E-state index in [-0.39, 0.29) is 6.42 Å². The highest BCUT2D eigenvalue weighted by molar-refractivity contribution is 5.67. The number of carboxylic acid groups (broad SMARTS) is 1. The fourth-order valence-electron chi connectivity index (χ4n) is 1.61. The first-order valence-electron chi connectivity index (χ1n) is 5.57. The highest BCUT2D eigenvalue weighted by Crippen LogP contribution is 2.18. The zero-order valence-electron chi connectivity index (χ0n) is 10.1. The number of aliphatic carboxylic acids is 1. The minimum Gasteiger partial charge on any atom is -0.481 e. The molecular formula is C13H19NO2. The Bertz CT molecular complexity index is 372. The first kappa shape index (κ1) is 12.6. The van der Waals surface area contributed by atoms with Crippen molar-refractivity contribution >= 4 is 11.7 Å². The van der Waals surface area contributed by atoms with Crippen molar-refractivity contribution < 1.29 is 9.90 Å². The Balaban J connectivity index is 2.70. The van der Waals surface area contributed by atoms with Gasteiger partial charge in [0.15, 0.2) is 0 Å². The van der Waals surface area contributed by atoms with Crippen molar-refractivity contribution in [1.82, 2.24) is 0 Å². The third-order valence-electron chi connectivity index (χ3n) is 2.36. The van der Waals surface area contributed by atoms with Gasteiger partial charge in [0.2, 0.25) is 0 Å². The largest absolute Gasteiger partial charge is 0.481 e. The molecule has 0 aliphatic rings. The predicted octanol–water partition coefficient (Wildman–Crippen LogP) is 2.83. The van der Waals surface area contributed by atoms with Gasteiger partial charge in [-0.1, -0.05) is 12.1 Å². The summed E-state index contributed by atoms with van der Waals surface area (Å²) in [6.45, 7) is 6.23. The minimum absolute atomic E-state index is 0.191. The van der Waals surface area contributed by atoms with E-state index in [9.17, 15) is 4.79 Å². The molecule has 0 unspecified atom stereocenters. The zero-order valence-corrected chi connectivity index (χ0v) is 10.1. The van der Waals surface area contributed by atoms with Crippen LogP contribution in [0.25, 0.3) is 0 Å². The number of carboxylic acids is 1. The van der Waals surface area contributed by atoms with Crippen LogP contribution in [0.2, 0.25) is 0 Å². The van der Waals surface area contributed by atoms with Crippen LogP contribution in [-0.4, -0.2) is 17.1 Å². The molecule has 16 heavy (non-hydrogen) atoms. The molecule has 3 heteroatoms. The van der Waals surface area contributed by atoms with Crippen molar-refractivity contribution in [3.05, 3.63) is 29.3 Å². The topological polar surface area (TPSA) is 49.3 Å². The molecule has 0 saturated carbocycles. The number of rotatable bonds is 5. The predicted molar refractivity (Wildman–Crippen MR) is 65.9 cm³/mol. The molecule has 1 rings (SSSR count). The molecule has 0 aliphatic carbocycles. The van der Waals surface area contributed by atoms with E-state index in [1.54, 1.807) is 0 Å². The first-order chi connectivity index (χ1) is 7.49. The van der Waals surface area contributed by atoms with E-state index in [4.69, 9.17) is 5.11 Å². The van der Waals surface area contributed by atoms with Crippen molar-refractivity contribution in [3.8, 4) is 0 Å². The maximum atomic E-state index is 10.5. The van der Waals surface area contributed by atoms with Crippen molar-refractivity contribution in [1.29, 1.82) is 0 Å². The standard InChI is InChI=1S/C13H19NO2/c1-9(2)14-12-6-4-11(8-10(12)3)5-7-13(15)16/h4,6,8-9,14H,5,7H2,1-3H3,(H,15,16). The van der Waals surface area contributed by atoms with E-state index in [0.29, 0.717) is 12.5 Å². The summed E-state index contributed by atoms with van der Waals surface area (Å²) in [5.41, 5.74) is 3.36. The highest BCUT2D eigenvalue weighted by Gasteiger charge is 2.03. The van der Waals surface area contributed by atoms with Crippen molar-refractivity contribution in [2.24, 2.45) is 0 Å². The molecule has 1 aromatic carbocycles. The molecular weight excluding hydrogens is 202 g/mol. The summed E-state index contributed by atoms with van der Waals surface area (Å²) in [6.07, 6.45) is 0.786. The van der Waals surface area contributed by atoms with Gasteiger partial charge in [-0.05, 0) is 44.4 Å². The SMILES string of the molecule is Cc1cc(CCC(=O)O)ccc1NC(C)C. The van der Waals surface area contributed by atoms with Crippen LogP contribution in [0.15, 0.2) is 18.2 Å². The number of nitrogens with one attached hydrogen (secondary N) is 1. The van der Waals surface area contributed by atoms with Gasteiger partial charge in [-0.25, -0.2) is 0 Å². The van der Waals surface area contributed by atoms with Gasteiger partial charge in [0, 0.05) is 18.2 Å². The average Bonchev–Trinajstić information content (AvgIpc) is 2.18. The Morgan fingerprint density at radius 2 is 2.12 bits per heavy atom. The van der Waals surface area contributed by atoms with E-state index in [1.165, 1.54) is 0 Å². The third kappa shape index (κ3) is 3.93. The molecule has 0 saturated heterocycles. The number of anilines is 1. The van der Waals surface area contributed by atoms with Crippen LogP contribution in [0, 0.1) is 6.92 Å². The summed E-state index contributed by atoms with van der Waals surface area (Å²) in [5.74, 6) is -0.748. The second-order valence-corrected chi connectivity index (χ2v) is 4.34. The van der Waals surface area contributed by atoms with Crippen LogP contribution >= 0.6 is 0 Å². The van der Waals surface area contributed by atoms with Gasteiger partial charge in [0.1, 0.15) is 0 Å². The average molecular weight is 221 g/mol. The molecule has 3 nitrogen and oxygen atoms in total.